The molecule has 1 amide bonds. The number of nitrogens with one attached hydrogen (secondary N) is 2. The van der Waals surface area contributed by atoms with Crippen molar-refractivity contribution in [2.45, 2.75) is 19.9 Å². The smallest absolute Gasteiger partial charge is 0.229 e. The van der Waals surface area contributed by atoms with Crippen LogP contribution in [0.5, 0.6) is 5.75 Å². The number of ether oxygens (including phenoxy) is 1. The fourth-order valence-electron chi connectivity index (χ4n) is 3.42. The third kappa shape index (κ3) is 3.85. The molecule has 0 bridgehead atoms. The molecule has 6 nitrogen and oxygen atoms in total. The number of aromatic amines is 1. The Morgan fingerprint density at radius 2 is 1.97 bits per heavy atom. The van der Waals surface area contributed by atoms with Crippen LogP contribution in [-0.4, -0.2) is 27.8 Å². The van der Waals surface area contributed by atoms with Gasteiger partial charge in [-0.05, 0) is 42.8 Å². The molecule has 4 rings (SSSR count). The maximum absolute atomic E-state index is 13.0. The summed E-state index contributed by atoms with van der Waals surface area (Å²) in [5.41, 5.74) is 3.58. The van der Waals surface area contributed by atoms with Gasteiger partial charge in [-0.2, -0.15) is 5.10 Å². The molecule has 0 saturated carbocycles. The zero-order chi connectivity index (χ0) is 20.4. The number of H-pyrrole nitrogens is 1. The molecule has 0 aliphatic rings. The van der Waals surface area contributed by atoms with Crippen molar-refractivity contribution in [3.63, 3.8) is 0 Å². The average molecular weight is 392 g/mol. The lowest BCUT2D eigenvalue weighted by atomic mass is 10.1. The summed E-state index contributed by atoms with van der Waals surface area (Å²) in [6.45, 7) is 2.85. The van der Waals surface area contributed by atoms with Gasteiger partial charge in [0.1, 0.15) is 11.6 Å². The van der Waals surface area contributed by atoms with E-state index in [9.17, 15) is 9.18 Å². The lowest BCUT2D eigenvalue weighted by Crippen LogP contribution is -2.14. The van der Waals surface area contributed by atoms with Gasteiger partial charge in [0.2, 0.25) is 5.91 Å². The van der Waals surface area contributed by atoms with Crippen molar-refractivity contribution in [1.82, 2.24) is 14.8 Å². The second-order valence-electron chi connectivity index (χ2n) is 6.72. The van der Waals surface area contributed by atoms with Crippen LogP contribution in [0.15, 0.2) is 54.6 Å². The van der Waals surface area contributed by atoms with Crippen molar-refractivity contribution in [2.75, 3.05) is 12.4 Å². The number of aryl methyl sites for hydroxylation is 1. The van der Waals surface area contributed by atoms with Gasteiger partial charge < -0.3 is 14.6 Å². The standard InChI is InChI=1S/C22H21FN4O2/c1-3-27-19-12-17(29-2)9-6-15(19)11-20(27)18-13-21(26-25-18)24-22(28)10-14-4-7-16(23)8-5-14/h4-9,11-13H,3,10H2,1-2H3,(H2,24,25,26,28). The van der Waals surface area contributed by atoms with E-state index in [2.05, 4.69) is 33.1 Å². The molecular weight excluding hydrogens is 371 g/mol. The number of anilines is 1. The molecule has 2 aromatic carbocycles. The summed E-state index contributed by atoms with van der Waals surface area (Å²) < 4.78 is 20.5. The van der Waals surface area contributed by atoms with Gasteiger partial charge in [-0.25, -0.2) is 4.39 Å². The summed E-state index contributed by atoms with van der Waals surface area (Å²) >= 11 is 0. The molecule has 0 aliphatic carbocycles. The SMILES string of the molecule is CCn1c(-c2cc(NC(=O)Cc3ccc(F)cc3)n[nH]2)cc2ccc(OC)cc21. The molecule has 0 spiro atoms. The second-order valence-corrected chi connectivity index (χ2v) is 6.72. The van der Waals surface area contributed by atoms with Gasteiger partial charge in [0, 0.05) is 24.1 Å². The zero-order valence-corrected chi connectivity index (χ0v) is 16.2. The fourth-order valence-corrected chi connectivity index (χ4v) is 3.42. The minimum absolute atomic E-state index is 0.150. The number of fused-ring (bicyclic) bond motifs is 1. The predicted octanol–water partition coefficient (Wildman–Crippen LogP) is 4.38. The monoisotopic (exact) mass is 392 g/mol. The van der Waals surface area contributed by atoms with Crippen LogP contribution >= 0.6 is 0 Å². The molecule has 0 aliphatic heterocycles. The summed E-state index contributed by atoms with van der Waals surface area (Å²) in [6, 6.07) is 15.7. The fraction of sp³-hybridized carbons (Fsp3) is 0.182. The van der Waals surface area contributed by atoms with Crippen LogP contribution in [0.4, 0.5) is 10.2 Å². The Kier molecular flexibility index (Phi) is 5.03. The summed E-state index contributed by atoms with van der Waals surface area (Å²) in [5, 5.41) is 11.1. The van der Waals surface area contributed by atoms with Gasteiger partial charge >= 0.3 is 0 Å². The first-order valence-corrected chi connectivity index (χ1v) is 9.34. The van der Waals surface area contributed by atoms with E-state index in [4.69, 9.17) is 4.74 Å². The van der Waals surface area contributed by atoms with Crippen LogP contribution in [0.2, 0.25) is 0 Å². The molecule has 2 aromatic heterocycles. The maximum atomic E-state index is 13.0. The van der Waals surface area contributed by atoms with E-state index in [1.165, 1.54) is 12.1 Å². The summed E-state index contributed by atoms with van der Waals surface area (Å²) in [5.74, 6) is 0.707. The Morgan fingerprint density at radius 1 is 1.17 bits per heavy atom. The third-order valence-electron chi connectivity index (χ3n) is 4.83. The normalized spacial score (nSPS) is 11.0. The summed E-state index contributed by atoms with van der Waals surface area (Å²) in [6.07, 6.45) is 0.150. The number of nitrogens with zero attached hydrogens (tertiary/aromatic N) is 2. The van der Waals surface area contributed by atoms with Crippen LogP contribution in [-0.2, 0) is 17.8 Å². The van der Waals surface area contributed by atoms with Gasteiger partial charge in [-0.3, -0.25) is 9.89 Å². The molecule has 0 fully saturated rings. The van der Waals surface area contributed by atoms with Crippen molar-refractivity contribution in [3.05, 3.63) is 66.0 Å². The highest BCUT2D eigenvalue weighted by Gasteiger charge is 2.14. The highest BCUT2D eigenvalue weighted by atomic mass is 19.1. The van der Waals surface area contributed by atoms with Gasteiger partial charge in [0.05, 0.1) is 30.4 Å². The van der Waals surface area contributed by atoms with Crippen LogP contribution in [0.3, 0.4) is 0 Å². The first-order chi connectivity index (χ1) is 14.1. The van der Waals surface area contributed by atoms with E-state index in [1.807, 2.05) is 18.2 Å². The molecule has 29 heavy (non-hydrogen) atoms. The number of carbonyl (C=O) groups excluding carboxylic acids is 1. The first kappa shape index (κ1) is 18.7. The van der Waals surface area contributed by atoms with Crippen molar-refractivity contribution >= 4 is 22.6 Å². The number of carbonyl (C=O) groups is 1. The van der Waals surface area contributed by atoms with Crippen molar-refractivity contribution in [3.8, 4) is 17.1 Å². The van der Waals surface area contributed by atoms with Crippen molar-refractivity contribution in [1.29, 1.82) is 0 Å². The van der Waals surface area contributed by atoms with E-state index in [0.29, 0.717) is 5.82 Å². The minimum atomic E-state index is -0.324. The average Bonchev–Trinajstić information content (AvgIpc) is 3.32. The molecule has 0 unspecified atom stereocenters. The van der Waals surface area contributed by atoms with Crippen LogP contribution in [0.25, 0.3) is 22.3 Å². The topological polar surface area (TPSA) is 71.9 Å². The molecular formula is C22H21FN4O2. The van der Waals surface area contributed by atoms with Gasteiger partial charge in [0.15, 0.2) is 5.82 Å². The predicted molar refractivity (Wildman–Crippen MR) is 110 cm³/mol. The summed E-state index contributed by atoms with van der Waals surface area (Å²) in [7, 11) is 1.65. The number of benzene rings is 2. The van der Waals surface area contributed by atoms with E-state index < -0.39 is 0 Å². The zero-order valence-electron chi connectivity index (χ0n) is 16.2. The highest BCUT2D eigenvalue weighted by molar-refractivity contribution is 5.92. The first-order valence-electron chi connectivity index (χ1n) is 9.34. The number of rotatable bonds is 6. The van der Waals surface area contributed by atoms with Crippen molar-refractivity contribution < 1.29 is 13.9 Å². The number of aromatic nitrogens is 3. The van der Waals surface area contributed by atoms with Crippen LogP contribution < -0.4 is 10.1 Å². The Hall–Kier alpha value is -3.61. The Labute approximate surface area is 167 Å². The van der Waals surface area contributed by atoms with E-state index >= 15 is 0 Å². The quantitative estimate of drug-likeness (QED) is 0.511. The minimum Gasteiger partial charge on any atom is -0.497 e. The Balaban J connectivity index is 1.55. The largest absolute Gasteiger partial charge is 0.497 e. The number of hydrogen-bond acceptors (Lipinski definition) is 3. The molecule has 4 aromatic rings. The second kappa shape index (κ2) is 7.79. The molecule has 0 atom stereocenters. The molecule has 2 N–H and O–H groups in total. The third-order valence-corrected chi connectivity index (χ3v) is 4.83. The molecule has 2 heterocycles. The molecule has 0 radical (unpaired) electrons. The van der Waals surface area contributed by atoms with Gasteiger partial charge in [0.25, 0.3) is 0 Å². The van der Waals surface area contributed by atoms with Crippen molar-refractivity contribution in [2.24, 2.45) is 0 Å². The highest BCUT2D eigenvalue weighted by Crippen LogP contribution is 2.30. The number of hydrogen-bond donors (Lipinski definition) is 2. The number of amides is 1. The van der Waals surface area contributed by atoms with Gasteiger partial charge in [-0.15, -0.1) is 0 Å². The number of halogens is 1. The van der Waals surface area contributed by atoms with E-state index in [1.54, 1.807) is 25.3 Å². The molecule has 7 heteroatoms. The summed E-state index contributed by atoms with van der Waals surface area (Å²) in [4.78, 5) is 12.3. The molecule has 148 valence electrons. The van der Waals surface area contributed by atoms with E-state index in [0.717, 1.165) is 40.1 Å². The lowest BCUT2D eigenvalue weighted by Gasteiger charge is -2.07. The van der Waals surface area contributed by atoms with Crippen LogP contribution in [0.1, 0.15) is 12.5 Å². The van der Waals surface area contributed by atoms with Crippen LogP contribution in [0, 0.1) is 5.82 Å². The lowest BCUT2D eigenvalue weighted by molar-refractivity contribution is -0.115. The van der Waals surface area contributed by atoms with E-state index in [-0.39, 0.29) is 18.1 Å². The number of methoxy groups -OCH3 is 1. The Bertz CT molecular complexity index is 1160. The molecule has 0 saturated heterocycles. The Morgan fingerprint density at radius 3 is 2.69 bits per heavy atom. The maximum Gasteiger partial charge on any atom is 0.229 e. The van der Waals surface area contributed by atoms with Gasteiger partial charge in [-0.1, -0.05) is 12.1 Å².